The molecule has 2 heterocycles. The Morgan fingerprint density at radius 2 is 2.41 bits per heavy atom. The number of aliphatic carboxylic acids is 1. The topological polar surface area (TPSA) is 80.6 Å². The molecule has 0 saturated carbocycles. The largest absolute Gasteiger partial charge is 0.480 e. The fourth-order valence-corrected chi connectivity index (χ4v) is 2.28. The molecule has 3 N–H and O–H groups in total. The molecule has 0 aliphatic heterocycles. The maximum atomic E-state index is 10.5. The molecule has 90 valence electrons. The summed E-state index contributed by atoms with van der Waals surface area (Å²) >= 11 is 1.48. The van der Waals surface area contributed by atoms with Crippen LogP contribution in [0.5, 0.6) is 0 Å². The van der Waals surface area contributed by atoms with E-state index in [1.54, 1.807) is 0 Å². The van der Waals surface area contributed by atoms with Crippen molar-refractivity contribution in [2.45, 2.75) is 11.8 Å². The summed E-state index contributed by atoms with van der Waals surface area (Å²) in [5.74, 6) is 0.0961. The Bertz CT molecular complexity index is 493. The molecule has 2 rings (SSSR count). The first kappa shape index (κ1) is 11.9. The van der Waals surface area contributed by atoms with Crippen LogP contribution in [0.2, 0.25) is 0 Å². The quantitative estimate of drug-likeness (QED) is 0.828. The molecule has 0 amide bonds. The molecule has 0 radical (unpaired) electrons. The summed E-state index contributed by atoms with van der Waals surface area (Å²) in [5.41, 5.74) is 7.23. The van der Waals surface area contributed by atoms with E-state index in [4.69, 9.17) is 10.8 Å². The molecular weight excluding hydrogens is 238 g/mol. The van der Waals surface area contributed by atoms with Gasteiger partial charge in [0.05, 0.1) is 5.69 Å². The Morgan fingerprint density at radius 3 is 3.12 bits per heavy atom. The highest BCUT2D eigenvalue weighted by Gasteiger charge is 2.11. The summed E-state index contributed by atoms with van der Waals surface area (Å²) in [7, 11) is 0. The number of imidazole rings is 1. The summed E-state index contributed by atoms with van der Waals surface area (Å²) in [6.07, 6.45) is 3.87. The highest BCUT2D eigenvalue weighted by Crippen LogP contribution is 2.13. The van der Waals surface area contributed by atoms with Crippen LogP contribution < -0.4 is 5.73 Å². The predicted molar refractivity (Wildman–Crippen MR) is 67.0 cm³/mol. The van der Waals surface area contributed by atoms with Crippen LogP contribution in [-0.2, 0) is 10.5 Å². The van der Waals surface area contributed by atoms with E-state index in [0.29, 0.717) is 11.5 Å². The van der Waals surface area contributed by atoms with Crippen LogP contribution in [0.1, 0.15) is 5.69 Å². The first-order valence-corrected chi connectivity index (χ1v) is 6.31. The van der Waals surface area contributed by atoms with Crippen molar-refractivity contribution >= 4 is 23.4 Å². The number of nitrogens with zero attached hydrogens (tertiary/aromatic N) is 2. The molecule has 0 spiro atoms. The van der Waals surface area contributed by atoms with Crippen molar-refractivity contribution in [1.29, 1.82) is 0 Å². The zero-order valence-corrected chi connectivity index (χ0v) is 9.93. The van der Waals surface area contributed by atoms with Crippen molar-refractivity contribution in [1.82, 2.24) is 9.38 Å². The molecule has 2 aromatic heterocycles. The Morgan fingerprint density at radius 1 is 1.59 bits per heavy atom. The van der Waals surface area contributed by atoms with E-state index in [1.165, 1.54) is 11.8 Å². The van der Waals surface area contributed by atoms with Gasteiger partial charge in [0.2, 0.25) is 0 Å². The second-order valence-electron chi connectivity index (χ2n) is 3.66. The number of hydrogen-bond donors (Lipinski definition) is 2. The number of rotatable bonds is 5. The van der Waals surface area contributed by atoms with Crippen LogP contribution in [0.25, 0.3) is 5.65 Å². The Hall–Kier alpha value is -1.53. The lowest BCUT2D eigenvalue weighted by Crippen LogP contribution is -2.32. The van der Waals surface area contributed by atoms with Gasteiger partial charge in [0.1, 0.15) is 11.7 Å². The first-order chi connectivity index (χ1) is 8.16. The van der Waals surface area contributed by atoms with Crippen LogP contribution in [0, 0.1) is 0 Å². The monoisotopic (exact) mass is 251 g/mol. The third kappa shape index (κ3) is 2.98. The summed E-state index contributed by atoms with van der Waals surface area (Å²) in [6.45, 7) is 0. The van der Waals surface area contributed by atoms with Crippen LogP contribution >= 0.6 is 11.8 Å². The number of aromatic nitrogens is 2. The molecule has 6 heteroatoms. The van der Waals surface area contributed by atoms with Gasteiger partial charge in [-0.15, -0.1) is 0 Å². The minimum Gasteiger partial charge on any atom is -0.480 e. The smallest absolute Gasteiger partial charge is 0.321 e. The first-order valence-electron chi connectivity index (χ1n) is 5.15. The van der Waals surface area contributed by atoms with Gasteiger partial charge in [-0.1, -0.05) is 6.07 Å². The normalized spacial score (nSPS) is 12.8. The lowest BCUT2D eigenvalue weighted by Gasteiger charge is -2.03. The predicted octanol–water partition coefficient (Wildman–Crippen LogP) is 0.979. The van der Waals surface area contributed by atoms with Gasteiger partial charge in [-0.3, -0.25) is 4.79 Å². The lowest BCUT2D eigenvalue weighted by molar-refractivity contribution is -0.137. The van der Waals surface area contributed by atoms with Gasteiger partial charge in [0.15, 0.2) is 0 Å². The zero-order valence-electron chi connectivity index (χ0n) is 9.11. The molecule has 17 heavy (non-hydrogen) atoms. The minimum atomic E-state index is -0.965. The summed E-state index contributed by atoms with van der Waals surface area (Å²) in [4.78, 5) is 14.9. The van der Waals surface area contributed by atoms with E-state index in [0.717, 1.165) is 11.3 Å². The number of hydrogen-bond acceptors (Lipinski definition) is 4. The second-order valence-corrected chi connectivity index (χ2v) is 4.69. The number of nitrogens with two attached hydrogens (primary N) is 1. The van der Waals surface area contributed by atoms with E-state index < -0.39 is 12.0 Å². The Balaban J connectivity index is 1.93. The third-order valence-electron chi connectivity index (χ3n) is 2.28. The highest BCUT2D eigenvalue weighted by molar-refractivity contribution is 7.98. The summed E-state index contributed by atoms with van der Waals surface area (Å²) < 4.78 is 1.94. The van der Waals surface area contributed by atoms with Gasteiger partial charge >= 0.3 is 5.97 Å². The summed E-state index contributed by atoms with van der Waals surface area (Å²) in [6, 6.07) is 4.99. The van der Waals surface area contributed by atoms with Crippen molar-refractivity contribution in [3.8, 4) is 0 Å². The molecular formula is C11H13N3O2S. The minimum absolute atomic E-state index is 0.392. The average Bonchev–Trinajstić information content (AvgIpc) is 2.71. The number of fused-ring (bicyclic) bond motifs is 1. The van der Waals surface area contributed by atoms with E-state index in [-0.39, 0.29) is 0 Å². The van der Waals surface area contributed by atoms with Crippen LogP contribution in [-0.4, -0.2) is 32.3 Å². The average molecular weight is 251 g/mol. The number of carboxylic acids is 1. The molecule has 5 nitrogen and oxygen atoms in total. The Kier molecular flexibility index (Phi) is 3.65. The molecule has 1 unspecified atom stereocenters. The molecule has 0 saturated heterocycles. The van der Waals surface area contributed by atoms with Crippen LogP contribution in [0.4, 0.5) is 0 Å². The molecule has 0 aliphatic carbocycles. The van der Waals surface area contributed by atoms with Crippen molar-refractivity contribution in [3.63, 3.8) is 0 Å². The van der Waals surface area contributed by atoms with Crippen molar-refractivity contribution in [2.24, 2.45) is 5.73 Å². The maximum absolute atomic E-state index is 10.5. The molecule has 0 fully saturated rings. The number of thioether (sulfide) groups is 1. The van der Waals surface area contributed by atoms with E-state index in [9.17, 15) is 4.79 Å². The molecule has 0 aliphatic rings. The molecule has 1 atom stereocenters. The SMILES string of the molecule is NC(CSCc1cn2ccccc2n1)C(=O)O. The van der Waals surface area contributed by atoms with Crippen molar-refractivity contribution in [2.75, 3.05) is 5.75 Å². The van der Waals surface area contributed by atoms with Gasteiger partial charge in [-0.05, 0) is 12.1 Å². The van der Waals surface area contributed by atoms with Crippen LogP contribution in [0.3, 0.4) is 0 Å². The van der Waals surface area contributed by atoms with E-state index >= 15 is 0 Å². The number of carboxylic acid groups (broad SMARTS) is 1. The van der Waals surface area contributed by atoms with E-state index in [1.807, 2.05) is 35.0 Å². The fraction of sp³-hybridized carbons (Fsp3) is 0.273. The number of pyridine rings is 1. The van der Waals surface area contributed by atoms with Crippen molar-refractivity contribution in [3.05, 3.63) is 36.3 Å². The second kappa shape index (κ2) is 5.20. The van der Waals surface area contributed by atoms with Gasteiger partial charge in [-0.25, -0.2) is 4.98 Å². The molecule has 0 bridgehead atoms. The number of carbonyl (C=O) groups is 1. The standard InChI is InChI=1S/C11H13N3O2S/c12-9(11(15)16)7-17-6-8-5-14-4-2-1-3-10(14)13-8/h1-5,9H,6-7,12H2,(H,15,16). The van der Waals surface area contributed by atoms with E-state index in [2.05, 4.69) is 4.98 Å². The third-order valence-corrected chi connectivity index (χ3v) is 3.37. The van der Waals surface area contributed by atoms with Gasteiger partial charge < -0.3 is 15.2 Å². The zero-order chi connectivity index (χ0) is 12.3. The van der Waals surface area contributed by atoms with Crippen LogP contribution in [0.15, 0.2) is 30.6 Å². The lowest BCUT2D eigenvalue weighted by atomic mass is 10.4. The fourth-order valence-electron chi connectivity index (χ4n) is 1.42. The molecule has 2 aromatic rings. The van der Waals surface area contributed by atoms with Gasteiger partial charge in [0.25, 0.3) is 0 Å². The molecule has 0 aromatic carbocycles. The van der Waals surface area contributed by atoms with Gasteiger partial charge in [-0.2, -0.15) is 11.8 Å². The van der Waals surface area contributed by atoms with Crippen molar-refractivity contribution < 1.29 is 9.90 Å². The summed E-state index contributed by atoms with van der Waals surface area (Å²) in [5, 5.41) is 8.64. The highest BCUT2D eigenvalue weighted by atomic mass is 32.2. The maximum Gasteiger partial charge on any atom is 0.321 e. The Labute approximate surface area is 103 Å². The van der Waals surface area contributed by atoms with Gasteiger partial charge in [0, 0.05) is 23.9 Å².